The molecule has 0 aliphatic rings. The molecule has 210 valence electrons. The third-order valence-corrected chi connectivity index (χ3v) is 7.64. The normalized spacial score (nSPS) is 17.8. The van der Waals surface area contributed by atoms with Crippen molar-refractivity contribution in [3.63, 3.8) is 0 Å². The van der Waals surface area contributed by atoms with E-state index in [0.29, 0.717) is 16.7 Å². The molecule has 0 atom stereocenters. The van der Waals surface area contributed by atoms with Crippen LogP contribution in [0.2, 0.25) is 0 Å². The third-order valence-electron chi connectivity index (χ3n) is 7.64. The molecule has 0 N–H and O–H groups in total. The summed E-state index contributed by atoms with van der Waals surface area (Å²) in [6.45, 7) is 0. The topological polar surface area (TPSA) is 17.8 Å². The molecule has 8 aromatic carbocycles. The minimum atomic E-state index is -0.810. The van der Waals surface area contributed by atoms with E-state index in [9.17, 15) is 6.85 Å². The quantitative estimate of drug-likeness (QED) is 0.186. The molecule has 0 amide bonds. The molecule has 9 rings (SSSR count). The van der Waals surface area contributed by atoms with E-state index in [1.54, 1.807) is 41.0 Å². The average molecular weight is 593 g/mol. The zero-order valence-electron chi connectivity index (χ0n) is 43.0. The van der Waals surface area contributed by atoms with Crippen LogP contribution in [0.4, 0.5) is 0 Å². The van der Waals surface area contributed by atoms with Gasteiger partial charge >= 0.3 is 0 Å². The number of fused-ring (bicyclic) bond motifs is 4. The van der Waals surface area contributed by atoms with Crippen LogP contribution in [0.1, 0.15) is 27.4 Å². The number of imidazole rings is 1. The Labute approximate surface area is 289 Å². The molecule has 0 fully saturated rings. The molecular weight excluding hydrogens is 544 g/mol. The summed E-state index contributed by atoms with van der Waals surface area (Å²) in [6, 6.07) is -0.983. The van der Waals surface area contributed by atoms with Crippen LogP contribution in [0.3, 0.4) is 0 Å². The van der Waals surface area contributed by atoms with Crippen LogP contribution < -0.4 is 0 Å². The summed E-state index contributed by atoms with van der Waals surface area (Å²) in [5.74, 6) is 0.00305. The van der Waals surface area contributed by atoms with E-state index in [1.165, 1.54) is 12.1 Å². The molecule has 0 saturated heterocycles. The Bertz CT molecular complexity index is 3540. The van der Waals surface area contributed by atoms with E-state index in [2.05, 4.69) is 4.98 Å². The number of nitrogens with zero attached hydrogens (tertiary/aromatic N) is 2. The van der Waals surface area contributed by atoms with Gasteiger partial charge in [-0.3, -0.25) is 4.57 Å². The van der Waals surface area contributed by atoms with Gasteiger partial charge in [-0.15, -0.1) is 0 Å². The predicted octanol–water partition coefficient (Wildman–Crippen LogP) is 11.5. The molecule has 9 aromatic rings. The Balaban J connectivity index is 1.46. The zero-order valence-corrected chi connectivity index (χ0v) is 23.0. The van der Waals surface area contributed by atoms with Crippen molar-refractivity contribution < 1.29 is 27.4 Å². The van der Waals surface area contributed by atoms with Crippen LogP contribution in [0, 0.1) is 0 Å². The monoisotopic (exact) mass is 592 g/mol. The van der Waals surface area contributed by atoms with Crippen LogP contribution in [0.5, 0.6) is 0 Å². The first-order valence-electron chi connectivity index (χ1n) is 23.8. The lowest BCUT2D eigenvalue weighted by Gasteiger charge is -2.19. The highest BCUT2D eigenvalue weighted by atomic mass is 15.1. The van der Waals surface area contributed by atoms with Gasteiger partial charge in [0.2, 0.25) is 0 Å². The van der Waals surface area contributed by atoms with E-state index in [1.807, 2.05) is 0 Å². The summed E-state index contributed by atoms with van der Waals surface area (Å²) >= 11 is 0. The van der Waals surface area contributed by atoms with Gasteiger partial charge in [-0.25, -0.2) is 4.98 Å². The van der Waals surface area contributed by atoms with Crippen molar-refractivity contribution in [1.29, 1.82) is 0 Å². The summed E-state index contributed by atoms with van der Waals surface area (Å²) in [5.41, 5.74) is 0.162. The number of para-hydroxylation sites is 2. The number of aromatic nitrogens is 2. The first kappa shape index (κ1) is 12.6. The maximum absolute atomic E-state index is 9.35. The van der Waals surface area contributed by atoms with Crippen LogP contribution >= 0.6 is 0 Å². The fraction of sp³-hybridized carbons (Fsp3) is 0. The van der Waals surface area contributed by atoms with Gasteiger partial charge in [0.15, 0.2) is 0 Å². The van der Waals surface area contributed by atoms with Crippen LogP contribution in [0.15, 0.2) is 169 Å². The highest BCUT2D eigenvalue weighted by molar-refractivity contribution is 6.23. The van der Waals surface area contributed by atoms with Crippen LogP contribution in [-0.4, -0.2) is 9.55 Å². The fourth-order valence-corrected chi connectivity index (χ4v) is 5.76. The molecular formula is C43H28N2. The van der Waals surface area contributed by atoms with Gasteiger partial charge in [0.25, 0.3) is 0 Å². The van der Waals surface area contributed by atoms with Crippen molar-refractivity contribution in [1.82, 2.24) is 9.55 Å². The van der Waals surface area contributed by atoms with Gasteiger partial charge < -0.3 is 0 Å². The highest BCUT2D eigenvalue weighted by Crippen LogP contribution is 2.45. The Morgan fingerprint density at radius 2 is 1.04 bits per heavy atom. The van der Waals surface area contributed by atoms with Crippen molar-refractivity contribution in [3.05, 3.63) is 169 Å². The molecule has 0 aliphatic heterocycles. The standard InChI is InChI=1S/C43H28N2/c1-2-14-31(15-3-1)43-44-39-23-10-11-24-40(39)45(43)32-27-25-30(26-28-32)41-35-18-6-8-20-37(35)42(38-21-9-7-19-36(38)41)34-22-12-16-29-13-4-5-17-33(29)34/h1-28H/i1D,2D,3D,4D,5D,6D,7D,8D,9D,12D,13D,14D,15D,16D,17D,18D,19D,20D,21D,22D. The van der Waals surface area contributed by atoms with Crippen LogP contribution in [0.25, 0.3) is 82.7 Å². The Morgan fingerprint density at radius 1 is 0.467 bits per heavy atom. The predicted molar refractivity (Wildman–Crippen MR) is 190 cm³/mol. The number of rotatable bonds is 4. The summed E-state index contributed by atoms with van der Waals surface area (Å²) in [7, 11) is 0. The second-order valence-corrected chi connectivity index (χ2v) is 10.1. The average Bonchev–Trinajstić information content (AvgIpc) is 3.68. The Hall–Kier alpha value is -5.99. The molecule has 45 heavy (non-hydrogen) atoms. The van der Waals surface area contributed by atoms with E-state index < -0.39 is 154 Å². The number of hydrogen-bond acceptors (Lipinski definition) is 1. The summed E-state index contributed by atoms with van der Waals surface area (Å²) in [6.07, 6.45) is 0. The summed E-state index contributed by atoms with van der Waals surface area (Å²) < 4.78 is 178. The van der Waals surface area contributed by atoms with E-state index in [4.69, 9.17) is 20.6 Å². The smallest absolute Gasteiger partial charge is 0.145 e. The lowest BCUT2D eigenvalue weighted by Crippen LogP contribution is -1.98. The number of hydrogen-bond donors (Lipinski definition) is 0. The molecule has 0 unspecified atom stereocenters. The van der Waals surface area contributed by atoms with Gasteiger partial charge in [0.05, 0.1) is 38.4 Å². The second-order valence-electron chi connectivity index (χ2n) is 10.1. The van der Waals surface area contributed by atoms with Crippen molar-refractivity contribution in [2.24, 2.45) is 0 Å². The molecule has 0 aliphatic carbocycles. The molecule has 1 aromatic heterocycles. The third kappa shape index (κ3) is 4.07. The van der Waals surface area contributed by atoms with Gasteiger partial charge in [0.1, 0.15) is 5.82 Å². The summed E-state index contributed by atoms with van der Waals surface area (Å²) in [5, 5.41) is -2.32. The lowest BCUT2D eigenvalue weighted by molar-refractivity contribution is 1.10. The molecule has 0 bridgehead atoms. The molecule has 2 nitrogen and oxygen atoms in total. The molecule has 0 saturated carbocycles. The molecule has 0 radical (unpaired) electrons. The minimum absolute atomic E-state index is 0.00305. The van der Waals surface area contributed by atoms with Crippen molar-refractivity contribution in [2.75, 3.05) is 0 Å². The lowest BCUT2D eigenvalue weighted by atomic mass is 9.85. The first-order chi connectivity index (χ1) is 30.6. The minimum Gasteiger partial charge on any atom is -0.292 e. The van der Waals surface area contributed by atoms with E-state index in [-0.39, 0.29) is 33.3 Å². The van der Waals surface area contributed by atoms with E-state index >= 15 is 0 Å². The van der Waals surface area contributed by atoms with Crippen molar-refractivity contribution >= 4 is 43.4 Å². The summed E-state index contributed by atoms with van der Waals surface area (Å²) in [4.78, 5) is 4.67. The van der Waals surface area contributed by atoms with Crippen molar-refractivity contribution in [2.45, 2.75) is 0 Å². The van der Waals surface area contributed by atoms with Crippen molar-refractivity contribution in [3.8, 4) is 39.3 Å². The zero-order chi connectivity index (χ0) is 47.1. The van der Waals surface area contributed by atoms with Crippen LogP contribution in [-0.2, 0) is 0 Å². The maximum atomic E-state index is 9.35. The largest absolute Gasteiger partial charge is 0.292 e. The van der Waals surface area contributed by atoms with Gasteiger partial charge in [-0.2, -0.15) is 0 Å². The number of benzene rings is 8. The van der Waals surface area contributed by atoms with Gasteiger partial charge in [-0.1, -0.05) is 145 Å². The molecule has 1 heterocycles. The maximum Gasteiger partial charge on any atom is 0.145 e. The van der Waals surface area contributed by atoms with Gasteiger partial charge in [-0.05, 0) is 78.8 Å². The molecule has 0 spiro atoms. The second kappa shape index (κ2) is 10.3. The molecule has 2 heteroatoms. The van der Waals surface area contributed by atoms with Gasteiger partial charge in [0, 0.05) is 11.3 Å². The Kier molecular flexibility index (Phi) is 2.88. The SMILES string of the molecule is [2H]c1c([2H])c([2H])c(-c2nc3ccccc3n2-c2ccc(-c3c4c([2H])c([2H])c([2H])c([2H])c4c(-c4c([2H])c([2H])c([2H])c5c([2H])c([2H])c([2H])c([2H])c45)c4c([2H])c([2H])c([2H])c([2H])c34)cc2)c([2H])c1[2H]. The highest BCUT2D eigenvalue weighted by Gasteiger charge is 2.19. The fourth-order valence-electron chi connectivity index (χ4n) is 5.76. The Morgan fingerprint density at radius 3 is 1.76 bits per heavy atom. The van der Waals surface area contributed by atoms with E-state index in [0.717, 1.165) is 0 Å². The first-order valence-corrected chi connectivity index (χ1v) is 13.8.